The zero-order valence-electron chi connectivity index (χ0n) is 12.2. The summed E-state index contributed by atoms with van der Waals surface area (Å²) in [5.74, 6) is -0.277. The maximum atomic E-state index is 12.3. The number of nitrogens with one attached hydrogen (secondary N) is 2. The molecular formula is C17H22N2O2. The fourth-order valence-corrected chi connectivity index (χ4v) is 3.51. The molecule has 1 heterocycles. The number of carbonyl (C=O) groups is 2. The third-order valence-electron chi connectivity index (χ3n) is 4.72. The number of benzene rings is 1. The summed E-state index contributed by atoms with van der Waals surface area (Å²) in [6, 6.07) is 10.1. The van der Waals surface area contributed by atoms with Crippen LogP contribution in [0.1, 0.15) is 37.7 Å². The van der Waals surface area contributed by atoms with Crippen LogP contribution in [0.5, 0.6) is 0 Å². The van der Waals surface area contributed by atoms with Gasteiger partial charge in [-0.2, -0.15) is 0 Å². The lowest BCUT2D eigenvalue weighted by Gasteiger charge is -2.38. The minimum atomic E-state index is -0.520. The Balaban J connectivity index is 1.57. The zero-order valence-corrected chi connectivity index (χ0v) is 12.2. The first-order valence-corrected chi connectivity index (χ1v) is 7.86. The van der Waals surface area contributed by atoms with Crippen LogP contribution in [-0.2, 0) is 16.1 Å². The van der Waals surface area contributed by atoms with Crippen LogP contribution in [0.25, 0.3) is 0 Å². The van der Waals surface area contributed by atoms with Gasteiger partial charge in [0.1, 0.15) is 5.92 Å². The molecule has 1 aliphatic carbocycles. The highest BCUT2D eigenvalue weighted by Crippen LogP contribution is 2.33. The second-order valence-corrected chi connectivity index (χ2v) is 6.15. The molecule has 0 spiro atoms. The molecule has 2 N–H and O–H groups in total. The molecule has 0 bridgehead atoms. The quantitative estimate of drug-likeness (QED) is 0.835. The second kappa shape index (κ2) is 6.29. The topological polar surface area (TPSA) is 58.2 Å². The molecule has 0 radical (unpaired) electrons. The molecule has 1 saturated carbocycles. The van der Waals surface area contributed by atoms with E-state index in [-0.39, 0.29) is 11.8 Å². The smallest absolute Gasteiger partial charge is 0.232 e. The molecular weight excluding hydrogens is 264 g/mol. The monoisotopic (exact) mass is 286 g/mol. The van der Waals surface area contributed by atoms with E-state index in [0.29, 0.717) is 24.9 Å². The summed E-state index contributed by atoms with van der Waals surface area (Å²) >= 11 is 0. The highest BCUT2D eigenvalue weighted by atomic mass is 16.2. The van der Waals surface area contributed by atoms with Gasteiger partial charge in [-0.1, -0.05) is 43.2 Å². The summed E-state index contributed by atoms with van der Waals surface area (Å²) in [5, 5.41) is 5.94. The highest BCUT2D eigenvalue weighted by Gasteiger charge is 2.39. The molecule has 1 aromatic carbocycles. The van der Waals surface area contributed by atoms with Crippen molar-refractivity contribution in [3.63, 3.8) is 0 Å². The van der Waals surface area contributed by atoms with Gasteiger partial charge in [-0.25, -0.2) is 0 Å². The van der Waals surface area contributed by atoms with Crippen molar-refractivity contribution in [2.24, 2.45) is 11.8 Å². The molecule has 21 heavy (non-hydrogen) atoms. The maximum absolute atomic E-state index is 12.3. The molecule has 3 unspecified atom stereocenters. The zero-order chi connectivity index (χ0) is 14.7. The molecule has 2 aliphatic rings. The van der Waals surface area contributed by atoms with Gasteiger partial charge in [0.2, 0.25) is 11.8 Å². The van der Waals surface area contributed by atoms with E-state index < -0.39 is 5.92 Å². The van der Waals surface area contributed by atoms with Crippen LogP contribution in [0.3, 0.4) is 0 Å². The standard InChI is InChI=1S/C17H22N2O2/c20-16(18-11-12-6-2-1-3-7-12)14-10-13-8-4-5-9-15(13)19-17(14)21/h1-3,6-7,13-15H,4-5,8-11H2,(H,18,20)(H,19,21). The summed E-state index contributed by atoms with van der Waals surface area (Å²) in [4.78, 5) is 24.4. The number of amides is 2. The van der Waals surface area contributed by atoms with E-state index in [2.05, 4.69) is 10.6 Å². The number of rotatable bonds is 3. The van der Waals surface area contributed by atoms with Crippen molar-refractivity contribution in [2.45, 2.75) is 44.7 Å². The fourth-order valence-electron chi connectivity index (χ4n) is 3.51. The molecule has 3 rings (SSSR count). The molecule has 112 valence electrons. The van der Waals surface area contributed by atoms with Gasteiger partial charge in [-0.3, -0.25) is 9.59 Å². The van der Waals surface area contributed by atoms with Gasteiger partial charge in [0.25, 0.3) is 0 Å². The normalized spacial score (nSPS) is 28.4. The number of hydrogen-bond donors (Lipinski definition) is 2. The van der Waals surface area contributed by atoms with Crippen molar-refractivity contribution in [1.82, 2.24) is 10.6 Å². The Morgan fingerprint density at radius 3 is 2.76 bits per heavy atom. The Bertz CT molecular complexity index is 515. The van der Waals surface area contributed by atoms with Crippen molar-refractivity contribution in [1.29, 1.82) is 0 Å². The van der Waals surface area contributed by atoms with Crippen molar-refractivity contribution in [3.05, 3.63) is 35.9 Å². The third-order valence-corrected chi connectivity index (χ3v) is 4.72. The number of carbonyl (C=O) groups excluding carboxylic acids is 2. The number of hydrogen-bond acceptors (Lipinski definition) is 2. The van der Waals surface area contributed by atoms with Crippen molar-refractivity contribution < 1.29 is 9.59 Å². The summed E-state index contributed by atoms with van der Waals surface area (Å²) in [5.41, 5.74) is 1.05. The molecule has 0 aromatic heterocycles. The molecule has 2 fully saturated rings. The van der Waals surface area contributed by atoms with E-state index in [9.17, 15) is 9.59 Å². The summed E-state index contributed by atoms with van der Waals surface area (Å²) in [6.45, 7) is 0.484. The molecule has 1 aliphatic heterocycles. The maximum Gasteiger partial charge on any atom is 0.232 e. The number of piperidine rings is 1. The Kier molecular flexibility index (Phi) is 4.23. The average molecular weight is 286 g/mol. The predicted molar refractivity (Wildman–Crippen MR) is 80.3 cm³/mol. The first kappa shape index (κ1) is 14.1. The van der Waals surface area contributed by atoms with Crippen LogP contribution in [0.4, 0.5) is 0 Å². The van der Waals surface area contributed by atoms with Crippen molar-refractivity contribution in [2.75, 3.05) is 0 Å². The third kappa shape index (κ3) is 3.26. The van der Waals surface area contributed by atoms with Crippen molar-refractivity contribution >= 4 is 11.8 Å². The van der Waals surface area contributed by atoms with E-state index >= 15 is 0 Å². The van der Waals surface area contributed by atoms with Gasteiger partial charge in [0, 0.05) is 12.6 Å². The SMILES string of the molecule is O=C(NCc1ccccc1)C1CC2CCCCC2NC1=O. The minimum absolute atomic E-state index is 0.0938. The second-order valence-electron chi connectivity index (χ2n) is 6.15. The summed E-state index contributed by atoms with van der Waals surface area (Å²) in [6.07, 6.45) is 5.31. The average Bonchev–Trinajstić information content (AvgIpc) is 2.53. The summed E-state index contributed by atoms with van der Waals surface area (Å²) in [7, 11) is 0. The van der Waals surface area contributed by atoms with Crippen LogP contribution in [0, 0.1) is 11.8 Å². The van der Waals surface area contributed by atoms with E-state index in [1.165, 1.54) is 12.8 Å². The fraction of sp³-hybridized carbons (Fsp3) is 0.529. The van der Waals surface area contributed by atoms with Crippen molar-refractivity contribution in [3.8, 4) is 0 Å². The lowest BCUT2D eigenvalue weighted by Crippen LogP contribution is -2.54. The Labute approximate surface area is 125 Å². The van der Waals surface area contributed by atoms with Crippen LogP contribution >= 0.6 is 0 Å². The highest BCUT2D eigenvalue weighted by molar-refractivity contribution is 6.00. The van der Waals surface area contributed by atoms with Crippen LogP contribution in [0.15, 0.2) is 30.3 Å². The van der Waals surface area contributed by atoms with E-state index in [4.69, 9.17) is 0 Å². The van der Waals surface area contributed by atoms with Crippen LogP contribution in [-0.4, -0.2) is 17.9 Å². The Morgan fingerprint density at radius 2 is 1.95 bits per heavy atom. The minimum Gasteiger partial charge on any atom is -0.352 e. The molecule has 3 atom stereocenters. The largest absolute Gasteiger partial charge is 0.352 e. The Morgan fingerprint density at radius 1 is 1.19 bits per heavy atom. The van der Waals surface area contributed by atoms with E-state index in [0.717, 1.165) is 18.4 Å². The molecule has 2 amide bonds. The molecule has 1 aromatic rings. The molecule has 1 saturated heterocycles. The van der Waals surface area contributed by atoms with Gasteiger partial charge in [0.15, 0.2) is 0 Å². The van der Waals surface area contributed by atoms with Crippen LogP contribution in [0.2, 0.25) is 0 Å². The van der Waals surface area contributed by atoms with Crippen LogP contribution < -0.4 is 10.6 Å². The number of fused-ring (bicyclic) bond motifs is 1. The first-order chi connectivity index (χ1) is 10.2. The first-order valence-electron chi connectivity index (χ1n) is 7.86. The van der Waals surface area contributed by atoms with Gasteiger partial charge in [-0.15, -0.1) is 0 Å². The van der Waals surface area contributed by atoms with Gasteiger partial charge in [0.05, 0.1) is 0 Å². The lowest BCUT2D eigenvalue weighted by atomic mass is 9.75. The summed E-state index contributed by atoms with van der Waals surface area (Å²) < 4.78 is 0. The van der Waals surface area contributed by atoms with Gasteiger partial charge in [-0.05, 0) is 30.7 Å². The molecule has 4 heteroatoms. The van der Waals surface area contributed by atoms with Gasteiger partial charge < -0.3 is 10.6 Å². The Hall–Kier alpha value is -1.84. The van der Waals surface area contributed by atoms with E-state index in [1.807, 2.05) is 30.3 Å². The predicted octanol–water partition coefficient (Wildman–Crippen LogP) is 2.00. The van der Waals surface area contributed by atoms with Gasteiger partial charge >= 0.3 is 0 Å². The lowest BCUT2D eigenvalue weighted by molar-refractivity contribution is -0.139. The molecule has 4 nitrogen and oxygen atoms in total. The van der Waals surface area contributed by atoms with E-state index in [1.54, 1.807) is 0 Å².